The number of aromatic nitrogens is 5. The Morgan fingerprint density at radius 3 is 2.83 bits per heavy atom. The van der Waals surface area contributed by atoms with Gasteiger partial charge in [0.1, 0.15) is 5.69 Å². The summed E-state index contributed by atoms with van der Waals surface area (Å²) in [5.41, 5.74) is 1.26. The van der Waals surface area contributed by atoms with Gasteiger partial charge in [0.15, 0.2) is 5.43 Å². The monoisotopic (exact) mass is 303 g/mol. The number of nitrogens with one attached hydrogen (secondary N) is 1. The highest BCUT2D eigenvalue weighted by molar-refractivity contribution is 9.10. The third kappa shape index (κ3) is 1.09. The maximum absolute atomic E-state index is 12.2. The molecule has 1 aliphatic heterocycles. The summed E-state index contributed by atoms with van der Waals surface area (Å²) in [6.07, 6.45) is 1.70. The molecule has 18 heavy (non-hydrogen) atoms. The lowest BCUT2D eigenvalue weighted by Crippen LogP contribution is -2.08. The van der Waals surface area contributed by atoms with Gasteiger partial charge >= 0.3 is 0 Å². The van der Waals surface area contributed by atoms with Crippen molar-refractivity contribution in [3.63, 3.8) is 0 Å². The van der Waals surface area contributed by atoms with Crippen molar-refractivity contribution in [3.05, 3.63) is 45.4 Å². The molecule has 2 heterocycles. The molecular formula is C11H6BrN5O. The number of fused-ring (bicyclic) bond motifs is 4. The summed E-state index contributed by atoms with van der Waals surface area (Å²) in [6.45, 7) is 0. The van der Waals surface area contributed by atoms with Crippen LogP contribution in [0.1, 0.15) is 0 Å². The molecule has 0 unspecified atom stereocenters. The van der Waals surface area contributed by atoms with E-state index >= 15 is 0 Å². The average molecular weight is 304 g/mol. The van der Waals surface area contributed by atoms with Gasteiger partial charge in [-0.2, -0.15) is 9.84 Å². The minimum Gasteiger partial charge on any atom is -0.288 e. The third-order valence-corrected chi connectivity index (χ3v) is 3.48. The second-order valence-electron chi connectivity index (χ2n) is 3.98. The second kappa shape index (κ2) is 3.20. The normalized spacial score (nSPS) is 11.8. The molecule has 0 spiro atoms. The largest absolute Gasteiger partial charge is 0.288 e. The first kappa shape index (κ1) is 9.84. The smallest absolute Gasteiger partial charge is 0.237 e. The topological polar surface area (TPSA) is 67.5 Å². The van der Waals surface area contributed by atoms with Crippen LogP contribution in [-0.4, -0.2) is 24.7 Å². The summed E-state index contributed by atoms with van der Waals surface area (Å²) in [5.74, 6) is 0. The minimum atomic E-state index is -0.00572. The van der Waals surface area contributed by atoms with Crippen LogP contribution in [0.2, 0.25) is 0 Å². The molecule has 0 radical (unpaired) electrons. The summed E-state index contributed by atoms with van der Waals surface area (Å²) >= 11 is 3.28. The van der Waals surface area contributed by atoms with Crippen LogP contribution in [0.4, 0.5) is 0 Å². The molecule has 0 atom stereocenters. The summed E-state index contributed by atoms with van der Waals surface area (Å²) in [6, 6.07) is 7.47. The highest BCUT2D eigenvalue weighted by Crippen LogP contribution is 2.26. The van der Waals surface area contributed by atoms with Crippen LogP contribution in [0.15, 0.2) is 40.0 Å². The zero-order valence-electron chi connectivity index (χ0n) is 8.96. The first-order valence-electron chi connectivity index (χ1n) is 5.29. The standard InChI is InChI=1S/C11H6BrN5O/c12-11-13-15-16-5-8-9(14-17(11)16)6-3-1-2-4-7(6)10(8)18/h1-5,15H. The van der Waals surface area contributed by atoms with E-state index in [0.717, 1.165) is 5.39 Å². The molecule has 2 aliphatic rings. The summed E-state index contributed by atoms with van der Waals surface area (Å²) in [5, 5.41) is 12.7. The number of nitrogens with zero attached hydrogens (tertiary/aromatic N) is 4. The number of rotatable bonds is 0. The first-order chi connectivity index (χ1) is 8.75. The second-order valence-corrected chi connectivity index (χ2v) is 4.69. The zero-order valence-corrected chi connectivity index (χ0v) is 10.5. The van der Waals surface area contributed by atoms with Crippen molar-refractivity contribution in [1.29, 1.82) is 0 Å². The predicted octanol–water partition coefficient (Wildman–Crippen LogP) is 1.54. The van der Waals surface area contributed by atoms with Gasteiger partial charge in [-0.1, -0.05) is 24.3 Å². The molecule has 1 aromatic heterocycles. The zero-order chi connectivity index (χ0) is 12.3. The van der Waals surface area contributed by atoms with Crippen molar-refractivity contribution in [3.8, 4) is 11.3 Å². The fraction of sp³-hybridized carbons (Fsp3) is 0. The molecule has 1 aliphatic carbocycles. The highest BCUT2D eigenvalue weighted by atomic mass is 79.9. The molecule has 88 valence electrons. The van der Waals surface area contributed by atoms with Crippen molar-refractivity contribution in [2.45, 2.75) is 0 Å². The summed E-state index contributed by atoms with van der Waals surface area (Å²) in [7, 11) is 0. The van der Waals surface area contributed by atoms with Crippen LogP contribution in [0.3, 0.4) is 0 Å². The molecule has 0 bridgehead atoms. The van der Waals surface area contributed by atoms with Crippen LogP contribution in [0.25, 0.3) is 22.0 Å². The lowest BCUT2D eigenvalue weighted by Gasteiger charge is -2.00. The third-order valence-electron chi connectivity index (χ3n) is 2.99. The van der Waals surface area contributed by atoms with Crippen LogP contribution < -0.4 is 5.43 Å². The lowest BCUT2D eigenvalue weighted by molar-refractivity contribution is 0.625. The van der Waals surface area contributed by atoms with Crippen LogP contribution >= 0.6 is 15.9 Å². The summed E-state index contributed by atoms with van der Waals surface area (Å²) < 4.78 is 3.64. The molecule has 7 heteroatoms. The van der Waals surface area contributed by atoms with E-state index in [1.54, 1.807) is 15.5 Å². The van der Waals surface area contributed by atoms with E-state index in [0.29, 0.717) is 21.4 Å². The number of H-pyrrole nitrogens is 1. The number of tetrazole rings is 1. The van der Waals surface area contributed by atoms with E-state index in [9.17, 15) is 4.79 Å². The van der Waals surface area contributed by atoms with Gasteiger partial charge in [0.2, 0.25) is 4.73 Å². The molecule has 1 N–H and O–H groups in total. The van der Waals surface area contributed by atoms with Gasteiger partial charge in [-0.05, 0) is 15.9 Å². The van der Waals surface area contributed by atoms with Crippen LogP contribution in [0.5, 0.6) is 0 Å². The maximum atomic E-state index is 12.2. The van der Waals surface area contributed by atoms with Gasteiger partial charge in [-0.15, -0.1) is 14.8 Å². The van der Waals surface area contributed by atoms with Gasteiger partial charge in [-0.3, -0.25) is 4.79 Å². The van der Waals surface area contributed by atoms with E-state index in [1.165, 1.54) is 0 Å². The van der Waals surface area contributed by atoms with E-state index in [-0.39, 0.29) is 5.43 Å². The van der Waals surface area contributed by atoms with Gasteiger partial charge in [0.05, 0.1) is 11.8 Å². The van der Waals surface area contributed by atoms with E-state index < -0.39 is 0 Å². The number of hydrogen-bond donors (Lipinski definition) is 1. The number of aromatic amines is 1. The SMILES string of the molecule is O=c1c2cn3[nH]nc(Br)n3nc-2c2ccccc12. The average Bonchev–Trinajstić information content (AvgIpc) is 2.90. The lowest BCUT2D eigenvalue weighted by atomic mass is 10.2. The quantitative estimate of drug-likeness (QED) is 0.536. The molecule has 4 rings (SSSR count). The Labute approximate surface area is 108 Å². The highest BCUT2D eigenvalue weighted by Gasteiger charge is 2.19. The van der Waals surface area contributed by atoms with Gasteiger partial charge in [0.25, 0.3) is 0 Å². The molecule has 1 aromatic carbocycles. The molecule has 0 fully saturated rings. The Morgan fingerprint density at radius 2 is 2.00 bits per heavy atom. The van der Waals surface area contributed by atoms with Gasteiger partial charge < -0.3 is 0 Å². The van der Waals surface area contributed by atoms with Crippen molar-refractivity contribution >= 4 is 26.7 Å². The van der Waals surface area contributed by atoms with Crippen LogP contribution in [-0.2, 0) is 0 Å². The number of benzene rings is 1. The van der Waals surface area contributed by atoms with Crippen molar-refractivity contribution < 1.29 is 0 Å². The van der Waals surface area contributed by atoms with E-state index in [2.05, 4.69) is 31.3 Å². The maximum Gasteiger partial charge on any atom is 0.237 e. The molecular weight excluding hydrogens is 298 g/mol. The molecule has 0 amide bonds. The van der Waals surface area contributed by atoms with E-state index in [1.807, 2.05) is 24.3 Å². The fourth-order valence-electron chi connectivity index (χ4n) is 2.17. The molecule has 2 aromatic rings. The molecule has 0 saturated carbocycles. The Morgan fingerprint density at radius 1 is 1.22 bits per heavy atom. The van der Waals surface area contributed by atoms with Crippen LogP contribution in [0, 0.1) is 0 Å². The van der Waals surface area contributed by atoms with Gasteiger partial charge in [-0.25, -0.2) is 0 Å². The predicted molar refractivity (Wildman–Crippen MR) is 68.9 cm³/mol. The Kier molecular flexibility index (Phi) is 1.75. The number of hydrogen-bond acceptors (Lipinski definition) is 3. The van der Waals surface area contributed by atoms with Gasteiger partial charge in [0, 0.05) is 10.8 Å². The molecule has 0 saturated heterocycles. The Balaban J connectivity index is 2.33. The number of halogens is 1. The van der Waals surface area contributed by atoms with Crippen molar-refractivity contribution in [2.75, 3.05) is 0 Å². The summed E-state index contributed by atoms with van der Waals surface area (Å²) in [4.78, 5) is 12.2. The Bertz CT molecular complexity index is 918. The first-order valence-corrected chi connectivity index (χ1v) is 6.08. The van der Waals surface area contributed by atoms with Crippen molar-refractivity contribution in [1.82, 2.24) is 24.7 Å². The Hall–Kier alpha value is -2.15. The molecule has 6 nitrogen and oxygen atoms in total. The minimum absolute atomic E-state index is 0.00572. The fourth-order valence-corrected chi connectivity index (χ4v) is 2.50. The van der Waals surface area contributed by atoms with Crippen molar-refractivity contribution in [2.24, 2.45) is 0 Å². The van der Waals surface area contributed by atoms with E-state index in [4.69, 9.17) is 0 Å².